The van der Waals surface area contributed by atoms with Gasteiger partial charge in [-0.05, 0) is 24.1 Å². The SMILES string of the molecule is CC(C)Cn1ccnc(Nc2cc(N)ccc2Cl)c1=O. The van der Waals surface area contributed by atoms with Crippen LogP contribution in [0.15, 0.2) is 35.4 Å². The zero-order valence-electron chi connectivity index (χ0n) is 11.4. The van der Waals surface area contributed by atoms with E-state index in [9.17, 15) is 4.79 Å². The molecule has 0 amide bonds. The molecule has 0 aliphatic heterocycles. The van der Waals surface area contributed by atoms with Gasteiger partial charge in [-0.3, -0.25) is 4.79 Å². The summed E-state index contributed by atoms with van der Waals surface area (Å²) >= 11 is 6.07. The number of hydrogen-bond acceptors (Lipinski definition) is 4. The largest absolute Gasteiger partial charge is 0.399 e. The zero-order chi connectivity index (χ0) is 14.7. The van der Waals surface area contributed by atoms with Crippen LogP contribution in [0.3, 0.4) is 0 Å². The normalized spacial score (nSPS) is 10.8. The topological polar surface area (TPSA) is 72.9 Å². The van der Waals surface area contributed by atoms with E-state index < -0.39 is 0 Å². The van der Waals surface area contributed by atoms with E-state index in [1.165, 1.54) is 0 Å². The van der Waals surface area contributed by atoms with E-state index in [1.54, 1.807) is 35.2 Å². The lowest BCUT2D eigenvalue weighted by molar-refractivity contribution is 0.510. The van der Waals surface area contributed by atoms with Crippen molar-refractivity contribution in [3.8, 4) is 0 Å². The van der Waals surface area contributed by atoms with E-state index in [2.05, 4.69) is 24.1 Å². The molecule has 106 valence electrons. The van der Waals surface area contributed by atoms with Gasteiger partial charge in [-0.15, -0.1) is 0 Å². The Kier molecular flexibility index (Phi) is 4.29. The number of nitrogen functional groups attached to an aromatic ring is 1. The molecule has 20 heavy (non-hydrogen) atoms. The fraction of sp³-hybridized carbons (Fsp3) is 0.286. The molecule has 0 aliphatic rings. The van der Waals surface area contributed by atoms with Crippen LogP contribution in [-0.4, -0.2) is 9.55 Å². The van der Waals surface area contributed by atoms with Crippen molar-refractivity contribution < 1.29 is 0 Å². The first kappa shape index (κ1) is 14.4. The van der Waals surface area contributed by atoms with Gasteiger partial charge in [-0.2, -0.15) is 0 Å². The summed E-state index contributed by atoms with van der Waals surface area (Å²) in [6.45, 7) is 4.74. The predicted molar refractivity (Wildman–Crippen MR) is 82.5 cm³/mol. The maximum atomic E-state index is 12.3. The Morgan fingerprint density at radius 3 is 2.90 bits per heavy atom. The fourth-order valence-electron chi connectivity index (χ4n) is 1.84. The first-order valence-corrected chi connectivity index (χ1v) is 6.72. The minimum absolute atomic E-state index is 0.181. The first-order chi connectivity index (χ1) is 9.47. The highest BCUT2D eigenvalue weighted by atomic mass is 35.5. The van der Waals surface area contributed by atoms with Crippen LogP contribution in [0.25, 0.3) is 0 Å². The van der Waals surface area contributed by atoms with Crippen molar-refractivity contribution >= 4 is 28.8 Å². The predicted octanol–water partition coefficient (Wildman–Crippen LogP) is 2.88. The third-order valence-electron chi connectivity index (χ3n) is 2.72. The second-order valence-electron chi connectivity index (χ2n) is 4.99. The van der Waals surface area contributed by atoms with E-state index in [4.69, 9.17) is 17.3 Å². The van der Waals surface area contributed by atoms with Gasteiger partial charge in [-0.1, -0.05) is 25.4 Å². The van der Waals surface area contributed by atoms with Crippen molar-refractivity contribution in [3.63, 3.8) is 0 Å². The van der Waals surface area contributed by atoms with Gasteiger partial charge in [-0.25, -0.2) is 4.98 Å². The molecular formula is C14H17ClN4O. The minimum atomic E-state index is -0.181. The van der Waals surface area contributed by atoms with Crippen LogP contribution in [0.5, 0.6) is 0 Å². The number of nitrogens with one attached hydrogen (secondary N) is 1. The van der Waals surface area contributed by atoms with Crippen molar-refractivity contribution in [3.05, 3.63) is 46.0 Å². The highest BCUT2D eigenvalue weighted by Crippen LogP contribution is 2.25. The molecule has 1 aromatic heterocycles. The van der Waals surface area contributed by atoms with Crippen LogP contribution >= 0.6 is 11.6 Å². The van der Waals surface area contributed by atoms with Gasteiger partial charge in [0.15, 0.2) is 5.82 Å². The minimum Gasteiger partial charge on any atom is -0.399 e. The van der Waals surface area contributed by atoms with Gasteiger partial charge in [0, 0.05) is 24.6 Å². The van der Waals surface area contributed by atoms with Crippen LogP contribution < -0.4 is 16.6 Å². The number of benzene rings is 1. The third-order valence-corrected chi connectivity index (χ3v) is 3.05. The molecule has 3 N–H and O–H groups in total. The Bertz CT molecular complexity index is 666. The monoisotopic (exact) mass is 292 g/mol. The number of hydrogen-bond donors (Lipinski definition) is 2. The summed E-state index contributed by atoms with van der Waals surface area (Å²) in [5, 5.41) is 3.42. The summed E-state index contributed by atoms with van der Waals surface area (Å²) in [6.07, 6.45) is 3.26. The Balaban J connectivity index is 2.34. The average Bonchev–Trinajstić information content (AvgIpc) is 2.38. The molecular weight excluding hydrogens is 276 g/mol. The van der Waals surface area contributed by atoms with Crippen LogP contribution in [-0.2, 0) is 6.54 Å². The van der Waals surface area contributed by atoms with Crippen molar-refractivity contribution in [2.45, 2.75) is 20.4 Å². The number of halogens is 1. The summed E-state index contributed by atoms with van der Waals surface area (Å²) in [4.78, 5) is 16.3. The van der Waals surface area contributed by atoms with E-state index in [0.717, 1.165) is 0 Å². The average molecular weight is 293 g/mol. The molecule has 0 radical (unpaired) electrons. The van der Waals surface area contributed by atoms with Gasteiger partial charge in [0.1, 0.15) is 0 Å². The molecule has 2 rings (SSSR count). The lowest BCUT2D eigenvalue weighted by Gasteiger charge is -2.11. The molecule has 1 aromatic carbocycles. The first-order valence-electron chi connectivity index (χ1n) is 6.35. The molecule has 6 heteroatoms. The molecule has 0 fully saturated rings. The van der Waals surface area contributed by atoms with E-state index in [0.29, 0.717) is 28.9 Å². The lowest BCUT2D eigenvalue weighted by Crippen LogP contribution is -2.25. The van der Waals surface area contributed by atoms with Crippen LogP contribution in [0.2, 0.25) is 5.02 Å². The second-order valence-corrected chi connectivity index (χ2v) is 5.40. The molecule has 0 atom stereocenters. The van der Waals surface area contributed by atoms with E-state index in [-0.39, 0.29) is 11.4 Å². The lowest BCUT2D eigenvalue weighted by atomic mass is 10.2. The van der Waals surface area contributed by atoms with Crippen molar-refractivity contribution in [2.24, 2.45) is 5.92 Å². The number of nitrogens with two attached hydrogens (primary N) is 1. The summed E-state index contributed by atoms with van der Waals surface area (Å²) in [7, 11) is 0. The molecule has 5 nitrogen and oxygen atoms in total. The van der Waals surface area contributed by atoms with Crippen LogP contribution in [0.1, 0.15) is 13.8 Å². The van der Waals surface area contributed by atoms with Gasteiger partial charge < -0.3 is 15.6 Å². The number of anilines is 3. The summed E-state index contributed by atoms with van der Waals surface area (Å²) in [5.74, 6) is 0.611. The van der Waals surface area contributed by atoms with Gasteiger partial charge >= 0.3 is 0 Å². The van der Waals surface area contributed by atoms with Crippen molar-refractivity contribution in [2.75, 3.05) is 11.1 Å². The standard InChI is InChI=1S/C14H17ClN4O/c1-9(2)8-19-6-5-17-13(14(19)20)18-12-7-10(16)3-4-11(12)15/h3-7,9H,8,16H2,1-2H3,(H,17,18). The zero-order valence-corrected chi connectivity index (χ0v) is 12.2. The third kappa shape index (κ3) is 3.30. The smallest absolute Gasteiger partial charge is 0.293 e. The molecule has 2 aromatic rings. The summed E-state index contributed by atoms with van der Waals surface area (Å²) in [6, 6.07) is 5.04. The Hall–Kier alpha value is -2.01. The molecule has 0 saturated heterocycles. The highest BCUT2D eigenvalue weighted by molar-refractivity contribution is 6.33. The quantitative estimate of drug-likeness (QED) is 0.850. The van der Waals surface area contributed by atoms with Gasteiger partial charge in [0.25, 0.3) is 5.56 Å². The van der Waals surface area contributed by atoms with Crippen molar-refractivity contribution in [1.29, 1.82) is 0 Å². The maximum absolute atomic E-state index is 12.3. The Morgan fingerprint density at radius 1 is 1.45 bits per heavy atom. The van der Waals surface area contributed by atoms with Crippen LogP contribution in [0, 0.1) is 5.92 Å². The molecule has 0 unspecified atom stereocenters. The Morgan fingerprint density at radius 2 is 2.20 bits per heavy atom. The van der Waals surface area contributed by atoms with E-state index in [1.807, 2.05) is 0 Å². The van der Waals surface area contributed by atoms with Gasteiger partial charge in [0.2, 0.25) is 0 Å². The highest BCUT2D eigenvalue weighted by Gasteiger charge is 2.08. The van der Waals surface area contributed by atoms with Crippen LogP contribution in [0.4, 0.5) is 17.2 Å². The Labute approximate surface area is 122 Å². The van der Waals surface area contributed by atoms with Gasteiger partial charge in [0.05, 0.1) is 10.7 Å². The number of rotatable bonds is 4. The van der Waals surface area contributed by atoms with E-state index >= 15 is 0 Å². The van der Waals surface area contributed by atoms with Crippen molar-refractivity contribution in [1.82, 2.24) is 9.55 Å². The summed E-state index contributed by atoms with van der Waals surface area (Å²) < 4.78 is 1.63. The molecule has 0 aliphatic carbocycles. The molecule has 0 spiro atoms. The number of aromatic nitrogens is 2. The fourth-order valence-corrected chi connectivity index (χ4v) is 2.00. The molecule has 1 heterocycles. The molecule has 0 bridgehead atoms. The summed E-state index contributed by atoms with van der Waals surface area (Å²) in [5.41, 5.74) is 6.67. The molecule has 0 saturated carbocycles. The second kappa shape index (κ2) is 5.96. The number of nitrogens with zero attached hydrogens (tertiary/aromatic N) is 2. The maximum Gasteiger partial charge on any atom is 0.293 e.